The Hall–Kier alpha value is -4.26. The van der Waals surface area contributed by atoms with E-state index >= 15 is 0 Å². The molecule has 4 aromatic rings. The number of aromatic nitrogens is 6. The summed E-state index contributed by atoms with van der Waals surface area (Å²) < 4.78 is 23.4. The third kappa shape index (κ3) is 3.89. The molecule has 13 heteroatoms. The Balaban J connectivity index is 1.49. The molecule has 0 unspecified atom stereocenters. The van der Waals surface area contributed by atoms with Crippen molar-refractivity contribution in [2.24, 2.45) is 7.05 Å². The zero-order valence-corrected chi connectivity index (χ0v) is 19.3. The number of amides is 1. The SMILES string of the molecule is CNc1cc(Nc2cccn(-c3cnn(C)c3F)c2=O)nc2c(C(=O)N[C@@H]3CC[C@H]3OC)cnn12. The lowest BCUT2D eigenvalue weighted by Gasteiger charge is -2.35. The summed E-state index contributed by atoms with van der Waals surface area (Å²) in [5, 5.41) is 17.1. The number of carbonyl (C=O) groups excluding carboxylic acids is 1. The number of nitrogens with one attached hydrogen (secondary N) is 3. The van der Waals surface area contributed by atoms with Crippen molar-refractivity contribution in [2.45, 2.75) is 25.0 Å². The molecule has 35 heavy (non-hydrogen) atoms. The summed E-state index contributed by atoms with van der Waals surface area (Å²) in [7, 11) is 4.78. The summed E-state index contributed by atoms with van der Waals surface area (Å²) in [6.45, 7) is 0. The van der Waals surface area contributed by atoms with Crippen molar-refractivity contribution in [1.82, 2.24) is 34.3 Å². The number of halogens is 1. The highest BCUT2D eigenvalue weighted by Crippen LogP contribution is 2.25. The Morgan fingerprint density at radius 1 is 1.26 bits per heavy atom. The smallest absolute Gasteiger partial charge is 0.278 e. The standard InChI is InChI=1S/C22H24FN9O3/c1-24-18-9-17(27-14-5-4-8-31(22(14)34)15-11-25-30(2)19(15)23)29-20-12(10-26-32(18)20)21(33)28-13-6-7-16(13)35-3/h4-5,8-11,13,16,24H,6-7H2,1-3H3,(H,27,29)(H,28,33)/t13-,16-/m1/s1. The van der Waals surface area contributed by atoms with Gasteiger partial charge in [0.05, 0.1) is 24.5 Å². The predicted octanol–water partition coefficient (Wildman–Crippen LogP) is 1.45. The fourth-order valence-corrected chi connectivity index (χ4v) is 4.02. The minimum Gasteiger partial charge on any atom is -0.379 e. The molecule has 182 valence electrons. The van der Waals surface area contributed by atoms with Gasteiger partial charge in [-0.05, 0) is 25.0 Å². The van der Waals surface area contributed by atoms with Gasteiger partial charge in [-0.15, -0.1) is 0 Å². The van der Waals surface area contributed by atoms with E-state index in [1.54, 1.807) is 32.4 Å². The molecule has 4 heterocycles. The zero-order valence-electron chi connectivity index (χ0n) is 19.3. The van der Waals surface area contributed by atoms with Crippen molar-refractivity contribution >= 4 is 28.9 Å². The first-order valence-corrected chi connectivity index (χ1v) is 11.0. The molecular formula is C22H24FN9O3. The van der Waals surface area contributed by atoms with Crippen molar-refractivity contribution in [2.75, 3.05) is 24.8 Å². The van der Waals surface area contributed by atoms with Gasteiger partial charge < -0.3 is 20.7 Å². The molecule has 1 saturated carbocycles. The number of aryl methyl sites for hydroxylation is 1. The summed E-state index contributed by atoms with van der Waals surface area (Å²) in [4.78, 5) is 30.5. The molecule has 5 rings (SSSR count). The first kappa shape index (κ1) is 22.5. The lowest BCUT2D eigenvalue weighted by Crippen LogP contribution is -2.51. The van der Waals surface area contributed by atoms with Crippen LogP contribution in [-0.4, -0.2) is 61.2 Å². The summed E-state index contributed by atoms with van der Waals surface area (Å²) in [5.74, 6) is -0.105. The highest BCUT2D eigenvalue weighted by molar-refractivity contribution is 6.00. The van der Waals surface area contributed by atoms with E-state index in [9.17, 15) is 14.0 Å². The minimum absolute atomic E-state index is 0.0104. The van der Waals surface area contributed by atoms with Crippen LogP contribution in [0.4, 0.5) is 21.7 Å². The van der Waals surface area contributed by atoms with E-state index in [1.165, 1.54) is 30.2 Å². The molecule has 12 nitrogen and oxygen atoms in total. The van der Waals surface area contributed by atoms with Crippen molar-refractivity contribution in [1.29, 1.82) is 0 Å². The normalized spacial score (nSPS) is 17.3. The van der Waals surface area contributed by atoms with Crippen molar-refractivity contribution in [3.8, 4) is 5.69 Å². The second-order valence-corrected chi connectivity index (χ2v) is 8.17. The second kappa shape index (κ2) is 8.83. The van der Waals surface area contributed by atoms with Crippen molar-refractivity contribution in [3.05, 3.63) is 58.7 Å². The first-order valence-electron chi connectivity index (χ1n) is 11.0. The van der Waals surface area contributed by atoms with Gasteiger partial charge in [-0.3, -0.25) is 14.2 Å². The Bertz CT molecular complexity index is 1470. The maximum absolute atomic E-state index is 14.4. The van der Waals surface area contributed by atoms with Crippen molar-refractivity contribution in [3.63, 3.8) is 0 Å². The average molecular weight is 481 g/mol. The number of carbonyl (C=O) groups is 1. The number of rotatable bonds is 7. The van der Waals surface area contributed by atoms with Crippen LogP contribution < -0.4 is 21.5 Å². The Morgan fingerprint density at radius 3 is 2.74 bits per heavy atom. The Kier molecular flexibility index (Phi) is 5.68. The highest BCUT2D eigenvalue weighted by atomic mass is 19.1. The van der Waals surface area contributed by atoms with Gasteiger partial charge >= 0.3 is 0 Å². The van der Waals surface area contributed by atoms with Crippen LogP contribution in [0.5, 0.6) is 0 Å². The van der Waals surface area contributed by atoms with Gasteiger partial charge in [-0.1, -0.05) is 0 Å². The summed E-state index contributed by atoms with van der Waals surface area (Å²) in [6.07, 6.45) is 5.90. The van der Waals surface area contributed by atoms with Gasteiger partial charge in [-0.25, -0.2) is 9.67 Å². The van der Waals surface area contributed by atoms with E-state index in [2.05, 4.69) is 31.1 Å². The van der Waals surface area contributed by atoms with Gasteiger partial charge in [0.25, 0.3) is 11.5 Å². The average Bonchev–Trinajstić information content (AvgIpc) is 3.41. The van der Waals surface area contributed by atoms with Crippen LogP contribution in [0.2, 0.25) is 0 Å². The van der Waals surface area contributed by atoms with Crippen molar-refractivity contribution < 1.29 is 13.9 Å². The van der Waals surface area contributed by atoms with Crippen LogP contribution in [-0.2, 0) is 11.8 Å². The number of anilines is 3. The monoisotopic (exact) mass is 481 g/mol. The van der Waals surface area contributed by atoms with E-state index in [1.807, 2.05) is 0 Å². The molecule has 0 radical (unpaired) electrons. The van der Waals surface area contributed by atoms with Gasteiger partial charge in [0.1, 0.15) is 28.6 Å². The third-order valence-corrected chi connectivity index (χ3v) is 6.12. The number of methoxy groups -OCH3 is 1. The van der Waals surface area contributed by atoms with E-state index in [4.69, 9.17) is 4.74 Å². The number of ether oxygens (including phenoxy) is 1. The lowest BCUT2D eigenvalue weighted by atomic mass is 9.89. The number of fused-ring (bicyclic) bond motifs is 1. The topological polar surface area (TPSA) is 132 Å². The number of hydrogen-bond acceptors (Lipinski definition) is 8. The van der Waals surface area contributed by atoms with Crippen LogP contribution in [0.3, 0.4) is 0 Å². The maximum atomic E-state index is 14.4. The largest absolute Gasteiger partial charge is 0.379 e. The lowest BCUT2D eigenvalue weighted by molar-refractivity contribution is 0.00732. The van der Waals surface area contributed by atoms with E-state index < -0.39 is 11.5 Å². The predicted molar refractivity (Wildman–Crippen MR) is 126 cm³/mol. The summed E-state index contributed by atoms with van der Waals surface area (Å²) in [6, 6.07) is 4.75. The molecule has 0 aromatic carbocycles. The molecule has 1 fully saturated rings. The zero-order chi connectivity index (χ0) is 24.7. The molecule has 1 aliphatic carbocycles. The van der Waals surface area contributed by atoms with Crippen LogP contribution in [0.1, 0.15) is 23.2 Å². The minimum atomic E-state index is -0.640. The third-order valence-electron chi connectivity index (χ3n) is 6.12. The van der Waals surface area contributed by atoms with Crippen LogP contribution in [0, 0.1) is 5.95 Å². The second-order valence-electron chi connectivity index (χ2n) is 8.17. The van der Waals surface area contributed by atoms with Gasteiger partial charge in [0.15, 0.2) is 5.65 Å². The number of nitrogens with zero attached hydrogens (tertiary/aromatic N) is 6. The molecule has 0 bridgehead atoms. The fourth-order valence-electron chi connectivity index (χ4n) is 4.02. The molecule has 0 spiro atoms. The fraction of sp³-hybridized carbons (Fsp3) is 0.318. The molecule has 3 N–H and O–H groups in total. The quantitative estimate of drug-likeness (QED) is 0.361. The molecule has 4 aromatic heterocycles. The van der Waals surface area contributed by atoms with Gasteiger partial charge in [-0.2, -0.15) is 19.1 Å². The van der Waals surface area contributed by atoms with Crippen LogP contribution >= 0.6 is 0 Å². The van der Waals surface area contributed by atoms with Crippen LogP contribution in [0.15, 0.2) is 41.6 Å². The molecule has 1 aliphatic rings. The summed E-state index contributed by atoms with van der Waals surface area (Å²) >= 11 is 0. The molecule has 0 aliphatic heterocycles. The van der Waals surface area contributed by atoms with E-state index in [-0.39, 0.29) is 35.0 Å². The first-order chi connectivity index (χ1) is 16.9. The Labute approximate surface area is 198 Å². The van der Waals surface area contributed by atoms with Gasteiger partial charge in [0.2, 0.25) is 5.95 Å². The highest BCUT2D eigenvalue weighted by Gasteiger charge is 2.33. The maximum Gasteiger partial charge on any atom is 0.278 e. The number of pyridine rings is 1. The summed E-state index contributed by atoms with van der Waals surface area (Å²) in [5.41, 5.74) is 0.293. The number of hydrogen-bond donors (Lipinski definition) is 3. The van der Waals surface area contributed by atoms with E-state index in [0.717, 1.165) is 22.1 Å². The molecule has 1 amide bonds. The Morgan fingerprint density at radius 2 is 2.09 bits per heavy atom. The van der Waals surface area contributed by atoms with E-state index in [0.29, 0.717) is 17.3 Å². The molecule has 0 saturated heterocycles. The molecular weight excluding hydrogens is 457 g/mol. The molecule has 2 atom stereocenters. The van der Waals surface area contributed by atoms with Gasteiger partial charge in [0, 0.05) is 33.5 Å². The van der Waals surface area contributed by atoms with Crippen LogP contribution in [0.25, 0.3) is 11.3 Å².